The minimum Gasteiger partial charge on any atom is -0.463 e. The third-order valence-electron chi connectivity index (χ3n) is 4.72. The van der Waals surface area contributed by atoms with Gasteiger partial charge in [0.2, 0.25) is 11.8 Å². The van der Waals surface area contributed by atoms with Crippen molar-refractivity contribution in [2.45, 2.75) is 97.9 Å². The summed E-state index contributed by atoms with van der Waals surface area (Å²) < 4.78 is 5.44. The average Bonchev–Trinajstić information content (AvgIpc) is 2.60. The van der Waals surface area contributed by atoms with Crippen LogP contribution in [0, 0.1) is 5.41 Å². The molecule has 6 heteroatoms. The van der Waals surface area contributed by atoms with Crippen molar-refractivity contribution in [1.29, 1.82) is 0 Å². The van der Waals surface area contributed by atoms with Gasteiger partial charge in [-0.2, -0.15) is 0 Å². The number of carbonyl (C=O) groups excluding carboxylic acids is 3. The molecule has 0 bridgehead atoms. The van der Waals surface area contributed by atoms with E-state index in [1.54, 1.807) is 0 Å². The van der Waals surface area contributed by atoms with Gasteiger partial charge in [0, 0.05) is 12.8 Å². The van der Waals surface area contributed by atoms with Crippen molar-refractivity contribution < 1.29 is 19.1 Å². The number of unbranched alkanes of at least 4 members (excludes halogenated alkanes) is 5. The highest BCUT2D eigenvalue weighted by molar-refractivity contribution is 5.83. The van der Waals surface area contributed by atoms with E-state index in [0.717, 1.165) is 19.3 Å². The van der Waals surface area contributed by atoms with Crippen molar-refractivity contribution in [2.24, 2.45) is 11.1 Å². The first-order chi connectivity index (χ1) is 12.2. The number of hydrogen-bond acceptors (Lipinski definition) is 4. The minimum absolute atomic E-state index is 0.0260. The molecule has 0 rings (SSSR count). The quantitative estimate of drug-likeness (QED) is 0.340. The number of ether oxygens (including phenoxy) is 1. The van der Waals surface area contributed by atoms with Crippen LogP contribution in [0.25, 0.3) is 0 Å². The van der Waals surface area contributed by atoms with Crippen molar-refractivity contribution in [2.75, 3.05) is 6.61 Å². The van der Waals surface area contributed by atoms with E-state index < -0.39 is 11.3 Å². The molecule has 0 heterocycles. The zero-order valence-corrected chi connectivity index (χ0v) is 17.1. The first-order valence-corrected chi connectivity index (χ1v) is 9.97. The van der Waals surface area contributed by atoms with Gasteiger partial charge in [-0.1, -0.05) is 52.4 Å². The van der Waals surface area contributed by atoms with Gasteiger partial charge in [0.05, 0.1) is 11.5 Å². The highest BCUT2D eigenvalue weighted by Gasteiger charge is 2.28. The average molecular weight is 371 g/mol. The summed E-state index contributed by atoms with van der Waals surface area (Å²) in [5, 5.41) is 2.88. The topological polar surface area (TPSA) is 98.5 Å². The number of rotatable bonds is 15. The van der Waals surface area contributed by atoms with Crippen LogP contribution < -0.4 is 11.1 Å². The van der Waals surface area contributed by atoms with Gasteiger partial charge >= 0.3 is 5.97 Å². The molecule has 0 radical (unpaired) electrons. The molecule has 0 fully saturated rings. The normalized spacial score (nSPS) is 12.5. The molecule has 152 valence electrons. The van der Waals surface area contributed by atoms with Gasteiger partial charge < -0.3 is 15.8 Å². The standard InChI is InChI=1S/C20H38N2O4/c1-5-7-8-9-10-11-12-16(22-18(24)14-13-17(21)23)15-26-19(25)20(3,4)6-2/h16H,5-15H2,1-4H3,(H2,21,23)(H,22,24). The fourth-order valence-electron chi connectivity index (χ4n) is 2.42. The summed E-state index contributed by atoms with van der Waals surface area (Å²) in [6.07, 6.45) is 8.48. The number of nitrogens with one attached hydrogen (secondary N) is 1. The van der Waals surface area contributed by atoms with Crippen molar-refractivity contribution in [3.05, 3.63) is 0 Å². The molecule has 0 aliphatic heterocycles. The maximum absolute atomic E-state index is 12.2. The van der Waals surface area contributed by atoms with Gasteiger partial charge in [-0.25, -0.2) is 0 Å². The molecule has 0 aromatic rings. The van der Waals surface area contributed by atoms with E-state index in [4.69, 9.17) is 10.5 Å². The summed E-state index contributed by atoms with van der Waals surface area (Å²) in [7, 11) is 0. The van der Waals surface area contributed by atoms with Crippen LogP contribution in [-0.4, -0.2) is 30.4 Å². The third-order valence-corrected chi connectivity index (χ3v) is 4.72. The van der Waals surface area contributed by atoms with Crippen LogP contribution in [-0.2, 0) is 19.1 Å². The molecule has 0 aromatic carbocycles. The Balaban J connectivity index is 4.45. The summed E-state index contributed by atoms with van der Waals surface area (Å²) in [6.45, 7) is 8.00. The lowest BCUT2D eigenvalue weighted by molar-refractivity contribution is -0.155. The maximum atomic E-state index is 12.2. The Kier molecular flexibility index (Phi) is 12.8. The fraction of sp³-hybridized carbons (Fsp3) is 0.850. The predicted molar refractivity (Wildman–Crippen MR) is 103 cm³/mol. The Labute approximate surface area is 158 Å². The number of primary amides is 1. The molecule has 0 aliphatic carbocycles. The summed E-state index contributed by atoms with van der Waals surface area (Å²) >= 11 is 0. The van der Waals surface area contributed by atoms with Crippen LogP contribution in [0.2, 0.25) is 0 Å². The molecule has 6 nitrogen and oxygen atoms in total. The SMILES string of the molecule is CCCCCCCCC(COC(=O)C(C)(C)CC)NC(=O)CCC(N)=O. The Bertz CT molecular complexity index is 436. The van der Waals surface area contributed by atoms with Crippen LogP contribution in [0.5, 0.6) is 0 Å². The van der Waals surface area contributed by atoms with Gasteiger partial charge in [-0.3, -0.25) is 14.4 Å². The lowest BCUT2D eigenvalue weighted by atomic mass is 9.91. The molecule has 1 unspecified atom stereocenters. The van der Waals surface area contributed by atoms with Crippen LogP contribution in [0.4, 0.5) is 0 Å². The maximum Gasteiger partial charge on any atom is 0.311 e. The number of amides is 2. The van der Waals surface area contributed by atoms with E-state index in [9.17, 15) is 14.4 Å². The first-order valence-electron chi connectivity index (χ1n) is 9.97. The molecule has 0 aromatic heterocycles. The molecule has 0 spiro atoms. The Morgan fingerprint density at radius 2 is 1.62 bits per heavy atom. The molecule has 1 atom stereocenters. The molecule has 26 heavy (non-hydrogen) atoms. The van der Waals surface area contributed by atoms with Crippen molar-refractivity contribution in [3.8, 4) is 0 Å². The largest absolute Gasteiger partial charge is 0.463 e. The number of esters is 1. The van der Waals surface area contributed by atoms with E-state index in [-0.39, 0.29) is 37.4 Å². The van der Waals surface area contributed by atoms with Crippen LogP contribution in [0.15, 0.2) is 0 Å². The number of hydrogen-bond donors (Lipinski definition) is 2. The zero-order chi connectivity index (χ0) is 20.0. The predicted octanol–water partition coefficient (Wildman–Crippen LogP) is 3.47. The highest BCUT2D eigenvalue weighted by Crippen LogP contribution is 2.21. The van der Waals surface area contributed by atoms with Gasteiger partial charge in [-0.05, 0) is 26.7 Å². The molecule has 0 saturated heterocycles. The molecular formula is C20H38N2O4. The van der Waals surface area contributed by atoms with Crippen LogP contribution in [0.1, 0.15) is 91.9 Å². The molecule has 2 amide bonds. The first kappa shape index (κ1) is 24.4. The lowest BCUT2D eigenvalue weighted by Crippen LogP contribution is -2.40. The van der Waals surface area contributed by atoms with Gasteiger partial charge in [-0.15, -0.1) is 0 Å². The van der Waals surface area contributed by atoms with Crippen molar-refractivity contribution in [3.63, 3.8) is 0 Å². The summed E-state index contributed by atoms with van der Waals surface area (Å²) in [6, 6.07) is -0.224. The molecule has 3 N–H and O–H groups in total. The summed E-state index contributed by atoms with van der Waals surface area (Å²) in [5.41, 5.74) is 4.56. The van der Waals surface area contributed by atoms with Crippen LogP contribution in [0.3, 0.4) is 0 Å². The number of carbonyl (C=O) groups is 3. The second kappa shape index (κ2) is 13.6. The molecular weight excluding hydrogens is 332 g/mol. The monoisotopic (exact) mass is 370 g/mol. The minimum atomic E-state index is -0.527. The second-order valence-electron chi connectivity index (χ2n) is 7.62. The summed E-state index contributed by atoms with van der Waals surface area (Å²) in [5.74, 6) is -0.978. The van der Waals surface area contributed by atoms with E-state index >= 15 is 0 Å². The molecule has 0 aliphatic rings. The van der Waals surface area contributed by atoms with E-state index in [2.05, 4.69) is 12.2 Å². The fourth-order valence-corrected chi connectivity index (χ4v) is 2.42. The van der Waals surface area contributed by atoms with Gasteiger partial charge in [0.15, 0.2) is 0 Å². The lowest BCUT2D eigenvalue weighted by Gasteiger charge is -2.24. The Morgan fingerprint density at radius 3 is 2.19 bits per heavy atom. The van der Waals surface area contributed by atoms with E-state index in [1.165, 1.54) is 25.7 Å². The second-order valence-corrected chi connectivity index (χ2v) is 7.62. The Hall–Kier alpha value is -1.59. The van der Waals surface area contributed by atoms with E-state index in [0.29, 0.717) is 6.42 Å². The summed E-state index contributed by atoms with van der Waals surface area (Å²) in [4.78, 5) is 34.9. The van der Waals surface area contributed by atoms with Gasteiger partial charge in [0.1, 0.15) is 6.61 Å². The number of nitrogens with two attached hydrogens (primary N) is 1. The Morgan fingerprint density at radius 1 is 1.00 bits per heavy atom. The van der Waals surface area contributed by atoms with Crippen molar-refractivity contribution >= 4 is 17.8 Å². The zero-order valence-electron chi connectivity index (χ0n) is 17.1. The van der Waals surface area contributed by atoms with Crippen molar-refractivity contribution in [1.82, 2.24) is 5.32 Å². The highest BCUT2D eigenvalue weighted by atomic mass is 16.5. The van der Waals surface area contributed by atoms with Crippen LogP contribution >= 0.6 is 0 Å². The smallest absolute Gasteiger partial charge is 0.311 e. The van der Waals surface area contributed by atoms with E-state index in [1.807, 2.05) is 20.8 Å². The third kappa shape index (κ3) is 11.9. The van der Waals surface area contributed by atoms with Gasteiger partial charge in [0.25, 0.3) is 0 Å². The molecule has 0 saturated carbocycles.